The number of thioether (sulfide) groups is 1. The Labute approximate surface area is 196 Å². The van der Waals surface area contributed by atoms with Crippen molar-refractivity contribution >= 4 is 51.7 Å². The molecule has 0 bridgehead atoms. The highest BCUT2D eigenvalue weighted by Crippen LogP contribution is 2.32. The van der Waals surface area contributed by atoms with Gasteiger partial charge in [0.1, 0.15) is 5.25 Å². The van der Waals surface area contributed by atoms with Gasteiger partial charge in [0.25, 0.3) is 0 Å². The number of hydrogen-bond acceptors (Lipinski definition) is 4. The normalized spacial score (nSPS) is 17.0. The first kappa shape index (κ1) is 22.1. The Morgan fingerprint density at radius 3 is 2.31 bits per heavy atom. The van der Waals surface area contributed by atoms with Crippen molar-refractivity contribution in [1.82, 2.24) is 4.90 Å². The van der Waals surface area contributed by atoms with Crippen LogP contribution in [0.15, 0.2) is 89.9 Å². The van der Waals surface area contributed by atoms with Crippen LogP contribution < -0.4 is 5.32 Å². The maximum Gasteiger partial charge on any atom is 0.242 e. The molecule has 0 saturated carbocycles. The third kappa shape index (κ3) is 5.78. The van der Waals surface area contributed by atoms with Gasteiger partial charge < -0.3 is 5.32 Å². The fourth-order valence-electron chi connectivity index (χ4n) is 3.34. The maximum absolute atomic E-state index is 13.2. The van der Waals surface area contributed by atoms with E-state index in [1.54, 1.807) is 29.2 Å². The number of carbonyl (C=O) groups is 2. The molecule has 3 aromatic rings. The van der Waals surface area contributed by atoms with E-state index in [2.05, 4.69) is 5.32 Å². The first-order valence-electron chi connectivity index (χ1n) is 10.3. The van der Waals surface area contributed by atoms with Crippen molar-refractivity contribution in [2.45, 2.75) is 18.1 Å². The first-order valence-corrected chi connectivity index (χ1v) is 11.6. The van der Waals surface area contributed by atoms with Crippen LogP contribution in [0.2, 0.25) is 5.02 Å². The standard InChI is InChI=1S/C25H22ClN3O2S/c26-19-11-13-21(14-12-19)27-23(30)17-22-24(31)29(16-15-18-7-3-1-4-8-18)25(32-22)28-20-9-5-2-6-10-20/h1-14,22H,15-17H2,(H,27,30)/t22-/m0/s1. The summed E-state index contributed by atoms with van der Waals surface area (Å²) in [4.78, 5) is 32.2. The van der Waals surface area contributed by atoms with Gasteiger partial charge >= 0.3 is 0 Å². The Balaban J connectivity index is 1.48. The molecule has 0 aliphatic carbocycles. The second kappa shape index (κ2) is 10.5. The van der Waals surface area contributed by atoms with Gasteiger partial charge in [-0.1, -0.05) is 71.9 Å². The summed E-state index contributed by atoms with van der Waals surface area (Å²) in [5.41, 5.74) is 2.57. The average molecular weight is 464 g/mol. The quantitative estimate of drug-likeness (QED) is 0.500. The van der Waals surface area contributed by atoms with Crippen molar-refractivity contribution < 1.29 is 9.59 Å². The summed E-state index contributed by atoms with van der Waals surface area (Å²) in [6.07, 6.45) is 0.784. The van der Waals surface area contributed by atoms with E-state index < -0.39 is 5.25 Å². The molecule has 32 heavy (non-hydrogen) atoms. The highest BCUT2D eigenvalue weighted by molar-refractivity contribution is 8.15. The number of anilines is 1. The summed E-state index contributed by atoms with van der Waals surface area (Å²) in [7, 11) is 0. The molecule has 7 heteroatoms. The SMILES string of the molecule is O=C(C[C@@H]1SC(=Nc2ccccc2)N(CCc2ccccc2)C1=O)Nc1ccc(Cl)cc1. The first-order chi connectivity index (χ1) is 15.6. The predicted molar refractivity (Wildman–Crippen MR) is 131 cm³/mol. The van der Waals surface area contributed by atoms with Crippen LogP contribution in [-0.2, 0) is 16.0 Å². The van der Waals surface area contributed by atoms with E-state index in [9.17, 15) is 9.59 Å². The fourth-order valence-corrected chi connectivity index (χ4v) is 4.65. The molecule has 162 valence electrons. The maximum atomic E-state index is 13.2. The second-order valence-corrected chi connectivity index (χ2v) is 8.93. The highest BCUT2D eigenvalue weighted by atomic mass is 35.5. The minimum absolute atomic E-state index is 0.0712. The van der Waals surface area contributed by atoms with Crippen molar-refractivity contribution in [3.63, 3.8) is 0 Å². The predicted octanol–water partition coefficient (Wildman–Crippen LogP) is 5.54. The molecule has 1 heterocycles. The molecular weight excluding hydrogens is 442 g/mol. The van der Waals surface area contributed by atoms with Gasteiger partial charge in [0.15, 0.2) is 5.17 Å². The molecule has 1 fully saturated rings. The average Bonchev–Trinajstić information content (AvgIpc) is 3.09. The molecular formula is C25H22ClN3O2S. The Bertz CT molecular complexity index is 1110. The number of hydrogen-bond donors (Lipinski definition) is 1. The lowest BCUT2D eigenvalue weighted by molar-refractivity contribution is -0.128. The van der Waals surface area contributed by atoms with Crippen LogP contribution in [0, 0.1) is 0 Å². The summed E-state index contributed by atoms with van der Waals surface area (Å²) in [6.45, 7) is 0.511. The van der Waals surface area contributed by atoms with E-state index in [1.807, 2.05) is 60.7 Å². The second-order valence-electron chi connectivity index (χ2n) is 7.32. The van der Waals surface area contributed by atoms with Gasteiger partial charge in [-0.3, -0.25) is 14.5 Å². The number of carbonyl (C=O) groups excluding carboxylic acids is 2. The molecule has 0 unspecified atom stereocenters. The zero-order valence-corrected chi connectivity index (χ0v) is 18.9. The molecule has 1 saturated heterocycles. The lowest BCUT2D eigenvalue weighted by Crippen LogP contribution is -2.35. The van der Waals surface area contributed by atoms with Crippen molar-refractivity contribution in [2.75, 3.05) is 11.9 Å². The fraction of sp³-hybridized carbons (Fsp3) is 0.160. The van der Waals surface area contributed by atoms with Crippen molar-refractivity contribution in [3.8, 4) is 0 Å². The third-order valence-corrected chi connectivity index (χ3v) is 6.39. The summed E-state index contributed by atoms with van der Waals surface area (Å²) in [5, 5.41) is 3.54. The molecule has 4 rings (SSSR count). The smallest absolute Gasteiger partial charge is 0.242 e. The molecule has 0 radical (unpaired) electrons. The third-order valence-electron chi connectivity index (χ3n) is 4.97. The zero-order chi connectivity index (χ0) is 22.3. The number of nitrogens with zero attached hydrogens (tertiary/aromatic N) is 2. The van der Waals surface area contributed by atoms with Crippen molar-refractivity contribution in [1.29, 1.82) is 0 Å². The van der Waals surface area contributed by atoms with Crippen LogP contribution in [0.1, 0.15) is 12.0 Å². The summed E-state index contributed by atoms with van der Waals surface area (Å²) >= 11 is 7.24. The van der Waals surface area contributed by atoms with Crippen LogP contribution in [0.25, 0.3) is 0 Å². The van der Waals surface area contributed by atoms with Crippen molar-refractivity contribution in [2.24, 2.45) is 4.99 Å². The number of amidine groups is 1. The highest BCUT2D eigenvalue weighted by Gasteiger charge is 2.39. The van der Waals surface area contributed by atoms with Gasteiger partial charge in [-0.2, -0.15) is 0 Å². The minimum Gasteiger partial charge on any atom is -0.326 e. The Morgan fingerprint density at radius 1 is 0.969 bits per heavy atom. The molecule has 1 aliphatic heterocycles. The van der Waals surface area contributed by atoms with E-state index in [0.717, 1.165) is 11.3 Å². The van der Waals surface area contributed by atoms with E-state index >= 15 is 0 Å². The number of rotatable bonds is 7. The summed E-state index contributed by atoms with van der Waals surface area (Å²) in [5.74, 6) is -0.311. The molecule has 5 nitrogen and oxygen atoms in total. The Morgan fingerprint density at radius 2 is 1.62 bits per heavy atom. The van der Waals surface area contributed by atoms with E-state index in [1.165, 1.54) is 11.8 Å². The number of aliphatic imine (C=N–C) groups is 1. The molecule has 3 aromatic carbocycles. The lowest BCUT2D eigenvalue weighted by atomic mass is 10.1. The molecule has 1 N–H and O–H groups in total. The lowest BCUT2D eigenvalue weighted by Gasteiger charge is -2.16. The number of nitrogens with one attached hydrogen (secondary N) is 1. The van der Waals surface area contributed by atoms with Gasteiger partial charge in [-0.15, -0.1) is 0 Å². The zero-order valence-electron chi connectivity index (χ0n) is 17.3. The topological polar surface area (TPSA) is 61.8 Å². The molecule has 2 amide bonds. The van der Waals surface area contributed by atoms with Crippen LogP contribution in [-0.4, -0.2) is 33.7 Å². The van der Waals surface area contributed by atoms with Crippen LogP contribution in [0.3, 0.4) is 0 Å². The van der Waals surface area contributed by atoms with Crippen molar-refractivity contribution in [3.05, 3.63) is 95.5 Å². The van der Waals surface area contributed by atoms with E-state index in [0.29, 0.717) is 28.8 Å². The number of amides is 2. The number of benzene rings is 3. The Hall–Kier alpha value is -3.09. The van der Waals surface area contributed by atoms with Gasteiger partial charge in [0, 0.05) is 23.7 Å². The largest absolute Gasteiger partial charge is 0.326 e. The van der Waals surface area contributed by atoms with Gasteiger partial charge in [-0.05, 0) is 48.4 Å². The van der Waals surface area contributed by atoms with Gasteiger partial charge in [0.05, 0.1) is 5.69 Å². The summed E-state index contributed by atoms with van der Waals surface area (Å²) < 4.78 is 0. The Kier molecular flexibility index (Phi) is 7.24. The molecule has 1 aliphatic rings. The van der Waals surface area contributed by atoms with Gasteiger partial charge in [-0.25, -0.2) is 4.99 Å². The van der Waals surface area contributed by atoms with E-state index in [4.69, 9.17) is 16.6 Å². The van der Waals surface area contributed by atoms with Crippen LogP contribution in [0.4, 0.5) is 11.4 Å². The number of para-hydroxylation sites is 1. The van der Waals surface area contributed by atoms with E-state index in [-0.39, 0.29) is 18.2 Å². The minimum atomic E-state index is -0.513. The molecule has 1 atom stereocenters. The molecule has 0 aromatic heterocycles. The van der Waals surface area contributed by atoms with Crippen LogP contribution >= 0.6 is 23.4 Å². The molecule has 0 spiro atoms. The van der Waals surface area contributed by atoms with Gasteiger partial charge in [0.2, 0.25) is 11.8 Å². The summed E-state index contributed by atoms with van der Waals surface area (Å²) in [6, 6.07) is 26.4. The monoisotopic (exact) mass is 463 g/mol. The van der Waals surface area contributed by atoms with Crippen LogP contribution in [0.5, 0.6) is 0 Å². The number of halogens is 1.